The van der Waals surface area contributed by atoms with Crippen LogP contribution in [0.5, 0.6) is 0 Å². The molecule has 0 radical (unpaired) electrons. The van der Waals surface area contributed by atoms with Crippen LogP contribution in [0.3, 0.4) is 0 Å². The smallest absolute Gasteiger partial charge is 0.0342 e. The quantitative estimate of drug-likeness (QED) is 0.545. The third kappa shape index (κ3) is 6.68. The summed E-state index contributed by atoms with van der Waals surface area (Å²) in [6.07, 6.45) is 10.8. The van der Waals surface area contributed by atoms with Gasteiger partial charge in [0.2, 0.25) is 0 Å². The van der Waals surface area contributed by atoms with Gasteiger partial charge in [0.25, 0.3) is 0 Å². The van der Waals surface area contributed by atoms with E-state index in [0.717, 1.165) is 13.0 Å². The van der Waals surface area contributed by atoms with E-state index in [9.17, 15) is 0 Å². The Kier molecular flexibility index (Phi) is 8.37. The average Bonchev–Trinajstić information content (AvgIpc) is 2.42. The average molecular weight is 247 g/mol. The molecule has 0 heterocycles. The van der Waals surface area contributed by atoms with E-state index in [1.165, 1.54) is 56.2 Å². The Morgan fingerprint density at radius 3 is 2.33 bits per heavy atom. The Balaban J connectivity index is 2.03. The first-order chi connectivity index (χ1) is 8.86. The molecule has 0 aromatic heterocycles. The lowest BCUT2D eigenvalue weighted by atomic mass is 10.1. The molecule has 0 aliphatic carbocycles. The lowest BCUT2D eigenvalue weighted by Gasteiger charge is -2.07. The molecule has 0 amide bonds. The highest BCUT2D eigenvalue weighted by Crippen LogP contribution is 2.12. The molecule has 0 bridgehead atoms. The Morgan fingerprint density at radius 2 is 1.61 bits per heavy atom. The minimum Gasteiger partial charge on any atom is -0.385 e. The Hall–Kier alpha value is -0.980. The molecule has 0 aliphatic rings. The van der Waals surface area contributed by atoms with Crippen LogP contribution in [0.4, 0.5) is 5.69 Å². The van der Waals surface area contributed by atoms with Crippen LogP contribution >= 0.6 is 0 Å². The van der Waals surface area contributed by atoms with Gasteiger partial charge in [-0.25, -0.2) is 0 Å². The first-order valence-corrected chi connectivity index (χ1v) is 7.69. The van der Waals surface area contributed by atoms with E-state index in [0.29, 0.717) is 0 Å². The fourth-order valence-electron chi connectivity index (χ4n) is 2.22. The highest BCUT2D eigenvalue weighted by molar-refractivity contribution is 5.45. The van der Waals surface area contributed by atoms with Crippen molar-refractivity contribution in [1.29, 1.82) is 0 Å². The van der Waals surface area contributed by atoms with Crippen molar-refractivity contribution in [2.45, 2.75) is 65.2 Å². The zero-order valence-corrected chi connectivity index (χ0v) is 12.2. The Bertz CT molecular complexity index is 306. The summed E-state index contributed by atoms with van der Waals surface area (Å²) in [5.74, 6) is 0. The fraction of sp³-hybridized carbons (Fsp3) is 0.647. The van der Waals surface area contributed by atoms with Crippen molar-refractivity contribution in [3.05, 3.63) is 29.8 Å². The van der Waals surface area contributed by atoms with Crippen molar-refractivity contribution in [3.63, 3.8) is 0 Å². The van der Waals surface area contributed by atoms with Crippen LogP contribution in [0.2, 0.25) is 0 Å². The van der Waals surface area contributed by atoms with Gasteiger partial charge in [-0.1, -0.05) is 64.5 Å². The van der Waals surface area contributed by atoms with E-state index in [2.05, 4.69) is 43.4 Å². The monoisotopic (exact) mass is 247 g/mol. The molecule has 0 atom stereocenters. The van der Waals surface area contributed by atoms with Crippen molar-refractivity contribution >= 4 is 5.69 Å². The second-order valence-electron chi connectivity index (χ2n) is 5.10. The molecule has 0 unspecified atom stereocenters. The molecular formula is C17H29N. The van der Waals surface area contributed by atoms with Gasteiger partial charge < -0.3 is 5.32 Å². The number of nitrogens with one attached hydrogen (secondary N) is 1. The van der Waals surface area contributed by atoms with Gasteiger partial charge in [-0.3, -0.25) is 0 Å². The van der Waals surface area contributed by atoms with Crippen LogP contribution in [-0.2, 0) is 6.42 Å². The summed E-state index contributed by atoms with van der Waals surface area (Å²) < 4.78 is 0. The van der Waals surface area contributed by atoms with Gasteiger partial charge in [0.1, 0.15) is 0 Å². The van der Waals surface area contributed by atoms with Crippen LogP contribution in [0.15, 0.2) is 24.3 Å². The van der Waals surface area contributed by atoms with Crippen molar-refractivity contribution < 1.29 is 0 Å². The maximum Gasteiger partial charge on any atom is 0.0342 e. The van der Waals surface area contributed by atoms with E-state index in [4.69, 9.17) is 0 Å². The third-order valence-corrected chi connectivity index (χ3v) is 3.44. The summed E-state index contributed by atoms with van der Waals surface area (Å²) in [6.45, 7) is 5.59. The minimum atomic E-state index is 1.11. The van der Waals surface area contributed by atoms with Gasteiger partial charge in [0.15, 0.2) is 0 Å². The molecule has 1 aromatic carbocycles. The van der Waals surface area contributed by atoms with Crippen molar-refractivity contribution in [3.8, 4) is 0 Å². The summed E-state index contributed by atoms with van der Waals surface area (Å²) in [5.41, 5.74) is 2.69. The van der Waals surface area contributed by atoms with E-state index in [1.54, 1.807) is 0 Å². The SMILES string of the molecule is CCCCCCCCCNc1cccc(CC)c1. The number of hydrogen-bond donors (Lipinski definition) is 1. The van der Waals surface area contributed by atoms with Gasteiger partial charge in [-0.05, 0) is 30.5 Å². The van der Waals surface area contributed by atoms with Crippen LogP contribution in [-0.4, -0.2) is 6.54 Å². The second kappa shape index (κ2) is 9.99. The molecule has 0 aliphatic heterocycles. The second-order valence-corrected chi connectivity index (χ2v) is 5.10. The first-order valence-electron chi connectivity index (χ1n) is 7.69. The highest BCUT2D eigenvalue weighted by atomic mass is 14.9. The van der Waals surface area contributed by atoms with E-state index in [1.807, 2.05) is 0 Å². The summed E-state index contributed by atoms with van der Waals surface area (Å²) >= 11 is 0. The van der Waals surface area contributed by atoms with Gasteiger partial charge >= 0.3 is 0 Å². The minimum absolute atomic E-state index is 1.11. The van der Waals surface area contributed by atoms with Crippen LogP contribution in [0, 0.1) is 0 Å². The summed E-state index contributed by atoms with van der Waals surface area (Å²) in [4.78, 5) is 0. The largest absolute Gasteiger partial charge is 0.385 e. The number of benzene rings is 1. The van der Waals surface area contributed by atoms with E-state index in [-0.39, 0.29) is 0 Å². The Labute approximate surface area is 113 Å². The predicted molar refractivity (Wildman–Crippen MR) is 82.3 cm³/mol. The maximum absolute atomic E-state index is 3.52. The molecule has 0 spiro atoms. The van der Waals surface area contributed by atoms with Gasteiger partial charge in [-0.15, -0.1) is 0 Å². The first kappa shape index (κ1) is 15.1. The van der Waals surface area contributed by atoms with Crippen molar-refractivity contribution in [2.75, 3.05) is 11.9 Å². The standard InChI is InChI=1S/C17H29N/c1-3-5-6-7-8-9-10-14-18-17-13-11-12-16(4-2)15-17/h11-13,15,18H,3-10,14H2,1-2H3. The van der Waals surface area contributed by atoms with E-state index < -0.39 is 0 Å². The summed E-state index contributed by atoms with van der Waals surface area (Å²) in [7, 11) is 0. The third-order valence-electron chi connectivity index (χ3n) is 3.44. The number of unbranched alkanes of at least 4 members (excludes halogenated alkanes) is 6. The van der Waals surface area contributed by atoms with Crippen LogP contribution in [0.25, 0.3) is 0 Å². The number of rotatable bonds is 10. The number of aryl methyl sites for hydroxylation is 1. The normalized spacial score (nSPS) is 10.6. The molecule has 0 saturated heterocycles. The number of anilines is 1. The zero-order chi connectivity index (χ0) is 13.1. The van der Waals surface area contributed by atoms with Crippen molar-refractivity contribution in [1.82, 2.24) is 0 Å². The zero-order valence-electron chi connectivity index (χ0n) is 12.2. The lowest BCUT2D eigenvalue weighted by molar-refractivity contribution is 0.596. The molecule has 1 aromatic rings. The molecule has 1 heteroatoms. The van der Waals surface area contributed by atoms with Gasteiger partial charge in [-0.2, -0.15) is 0 Å². The summed E-state index contributed by atoms with van der Waals surface area (Å²) in [5, 5.41) is 3.52. The molecule has 1 nitrogen and oxygen atoms in total. The lowest BCUT2D eigenvalue weighted by Crippen LogP contribution is -2.01. The van der Waals surface area contributed by atoms with Crippen molar-refractivity contribution in [2.24, 2.45) is 0 Å². The van der Waals surface area contributed by atoms with Crippen LogP contribution < -0.4 is 5.32 Å². The topological polar surface area (TPSA) is 12.0 Å². The van der Waals surface area contributed by atoms with Crippen LogP contribution in [0.1, 0.15) is 64.4 Å². The maximum atomic E-state index is 3.52. The van der Waals surface area contributed by atoms with Gasteiger partial charge in [0, 0.05) is 12.2 Å². The molecule has 102 valence electrons. The summed E-state index contributed by atoms with van der Waals surface area (Å²) in [6, 6.07) is 8.77. The molecular weight excluding hydrogens is 218 g/mol. The highest BCUT2D eigenvalue weighted by Gasteiger charge is 1.94. The van der Waals surface area contributed by atoms with Gasteiger partial charge in [0.05, 0.1) is 0 Å². The molecule has 0 saturated carbocycles. The fourth-order valence-corrected chi connectivity index (χ4v) is 2.22. The predicted octanol–water partition coefficient (Wildman–Crippen LogP) is 5.41. The van der Waals surface area contributed by atoms with E-state index >= 15 is 0 Å². The molecule has 18 heavy (non-hydrogen) atoms. The Morgan fingerprint density at radius 1 is 0.889 bits per heavy atom. The number of hydrogen-bond acceptors (Lipinski definition) is 1. The molecule has 0 fully saturated rings. The molecule has 1 N–H and O–H groups in total. The molecule has 1 rings (SSSR count).